The molecular weight excluding hydrogens is 168 g/mol. The van der Waals surface area contributed by atoms with Gasteiger partial charge in [-0.15, -0.1) is 0 Å². The second-order valence-electron chi connectivity index (χ2n) is 3.04. The predicted molar refractivity (Wildman–Crippen MR) is 49.3 cm³/mol. The molecule has 1 aromatic heterocycles. The lowest BCUT2D eigenvalue weighted by molar-refractivity contribution is 0.151. The van der Waals surface area contributed by atoms with Crippen molar-refractivity contribution in [3.05, 3.63) is 18.0 Å². The van der Waals surface area contributed by atoms with E-state index in [0.717, 1.165) is 31.4 Å². The molecule has 0 aliphatic heterocycles. The number of hydrogen-bond acceptors (Lipinski definition) is 3. The standard InChI is InChI=1S/C9H16N2O2/c1-13-5-3-2-4-9(12)8-6-10-11-7-8/h6-7,9,12H,2-5H2,1H3,(H,10,11). The second kappa shape index (κ2) is 5.72. The third-order valence-corrected chi connectivity index (χ3v) is 1.98. The van der Waals surface area contributed by atoms with E-state index in [9.17, 15) is 5.11 Å². The molecule has 0 bridgehead atoms. The number of rotatable bonds is 6. The highest BCUT2D eigenvalue weighted by Crippen LogP contribution is 2.17. The van der Waals surface area contributed by atoms with E-state index in [-0.39, 0.29) is 0 Å². The molecule has 0 aliphatic rings. The van der Waals surface area contributed by atoms with Gasteiger partial charge in [0.2, 0.25) is 0 Å². The molecule has 2 N–H and O–H groups in total. The minimum absolute atomic E-state index is 0.393. The smallest absolute Gasteiger partial charge is 0.0820 e. The number of nitrogens with zero attached hydrogens (tertiary/aromatic N) is 1. The molecule has 0 saturated heterocycles. The fraction of sp³-hybridized carbons (Fsp3) is 0.667. The van der Waals surface area contributed by atoms with Crippen molar-refractivity contribution in [3.63, 3.8) is 0 Å². The lowest BCUT2D eigenvalue weighted by Gasteiger charge is -2.06. The van der Waals surface area contributed by atoms with Crippen molar-refractivity contribution in [1.29, 1.82) is 0 Å². The number of aromatic amines is 1. The van der Waals surface area contributed by atoms with Gasteiger partial charge in [0.25, 0.3) is 0 Å². The Bertz CT molecular complexity index is 211. The summed E-state index contributed by atoms with van der Waals surface area (Å²) in [6, 6.07) is 0. The second-order valence-corrected chi connectivity index (χ2v) is 3.04. The molecule has 0 aliphatic carbocycles. The Morgan fingerprint density at radius 2 is 2.46 bits per heavy atom. The van der Waals surface area contributed by atoms with Crippen molar-refractivity contribution in [2.24, 2.45) is 0 Å². The van der Waals surface area contributed by atoms with Crippen LogP contribution in [0.25, 0.3) is 0 Å². The van der Waals surface area contributed by atoms with Gasteiger partial charge in [0.05, 0.1) is 12.3 Å². The first kappa shape index (κ1) is 10.2. The van der Waals surface area contributed by atoms with Crippen LogP contribution in [0.1, 0.15) is 30.9 Å². The molecule has 1 rings (SSSR count). The van der Waals surface area contributed by atoms with Crippen molar-refractivity contribution >= 4 is 0 Å². The van der Waals surface area contributed by atoms with E-state index >= 15 is 0 Å². The zero-order valence-electron chi connectivity index (χ0n) is 7.86. The molecule has 74 valence electrons. The van der Waals surface area contributed by atoms with E-state index in [1.165, 1.54) is 0 Å². The van der Waals surface area contributed by atoms with Gasteiger partial charge in [0, 0.05) is 25.5 Å². The first-order valence-electron chi connectivity index (χ1n) is 4.50. The van der Waals surface area contributed by atoms with Gasteiger partial charge in [-0.2, -0.15) is 5.10 Å². The van der Waals surface area contributed by atoms with Gasteiger partial charge >= 0.3 is 0 Å². The van der Waals surface area contributed by atoms with Crippen LogP contribution in [0.15, 0.2) is 12.4 Å². The lowest BCUT2D eigenvalue weighted by Crippen LogP contribution is -1.97. The molecule has 0 fully saturated rings. The number of unbranched alkanes of at least 4 members (excludes halogenated alkanes) is 1. The summed E-state index contributed by atoms with van der Waals surface area (Å²) in [6.45, 7) is 0.762. The van der Waals surface area contributed by atoms with Gasteiger partial charge in [-0.3, -0.25) is 5.10 Å². The molecule has 0 spiro atoms. The van der Waals surface area contributed by atoms with Crippen LogP contribution in [-0.2, 0) is 4.74 Å². The molecule has 4 nitrogen and oxygen atoms in total. The number of nitrogens with one attached hydrogen (secondary N) is 1. The number of methoxy groups -OCH3 is 1. The Morgan fingerprint density at radius 3 is 3.08 bits per heavy atom. The molecule has 13 heavy (non-hydrogen) atoms. The quantitative estimate of drug-likeness (QED) is 0.654. The van der Waals surface area contributed by atoms with E-state index < -0.39 is 6.10 Å². The maximum Gasteiger partial charge on any atom is 0.0820 e. The topological polar surface area (TPSA) is 58.1 Å². The van der Waals surface area contributed by atoms with Crippen molar-refractivity contribution in [3.8, 4) is 0 Å². The highest BCUT2D eigenvalue weighted by molar-refractivity contribution is 5.06. The monoisotopic (exact) mass is 184 g/mol. The fourth-order valence-corrected chi connectivity index (χ4v) is 1.19. The number of aliphatic hydroxyl groups is 1. The van der Waals surface area contributed by atoms with Crippen LogP contribution in [0.2, 0.25) is 0 Å². The number of H-pyrrole nitrogens is 1. The summed E-state index contributed by atoms with van der Waals surface area (Å²) in [5.41, 5.74) is 0.859. The molecule has 4 heteroatoms. The van der Waals surface area contributed by atoms with Crippen LogP contribution < -0.4 is 0 Å². The maximum atomic E-state index is 9.61. The minimum atomic E-state index is -0.393. The van der Waals surface area contributed by atoms with Gasteiger partial charge in [0.15, 0.2) is 0 Å². The third-order valence-electron chi connectivity index (χ3n) is 1.98. The Balaban J connectivity index is 2.15. The SMILES string of the molecule is COCCCCC(O)c1cn[nH]c1. The van der Waals surface area contributed by atoms with Crippen LogP contribution in [0, 0.1) is 0 Å². The normalized spacial score (nSPS) is 13.1. The molecule has 1 heterocycles. The number of ether oxygens (including phenoxy) is 1. The lowest BCUT2D eigenvalue weighted by atomic mass is 10.1. The largest absolute Gasteiger partial charge is 0.388 e. The van der Waals surface area contributed by atoms with Crippen molar-refractivity contribution in [1.82, 2.24) is 10.2 Å². The molecule has 0 saturated carbocycles. The predicted octanol–water partition coefficient (Wildman–Crippen LogP) is 1.26. The van der Waals surface area contributed by atoms with E-state index in [1.807, 2.05) is 0 Å². The third kappa shape index (κ3) is 3.57. The van der Waals surface area contributed by atoms with Crippen molar-refractivity contribution < 1.29 is 9.84 Å². The zero-order valence-corrected chi connectivity index (χ0v) is 7.86. The molecule has 0 amide bonds. The average Bonchev–Trinajstić information content (AvgIpc) is 2.65. The highest BCUT2D eigenvalue weighted by atomic mass is 16.5. The Hall–Kier alpha value is -0.870. The fourth-order valence-electron chi connectivity index (χ4n) is 1.19. The van der Waals surface area contributed by atoms with Gasteiger partial charge in [-0.25, -0.2) is 0 Å². The van der Waals surface area contributed by atoms with Gasteiger partial charge in [0.1, 0.15) is 0 Å². The summed E-state index contributed by atoms with van der Waals surface area (Å²) >= 11 is 0. The molecule has 0 aromatic carbocycles. The molecule has 1 unspecified atom stereocenters. The van der Waals surface area contributed by atoms with E-state index in [4.69, 9.17) is 4.74 Å². The first-order valence-corrected chi connectivity index (χ1v) is 4.50. The summed E-state index contributed by atoms with van der Waals surface area (Å²) in [5, 5.41) is 16.1. The highest BCUT2D eigenvalue weighted by Gasteiger charge is 2.07. The Kier molecular flexibility index (Phi) is 4.49. The summed E-state index contributed by atoms with van der Waals surface area (Å²) < 4.78 is 4.91. The van der Waals surface area contributed by atoms with Crippen LogP contribution in [0.3, 0.4) is 0 Å². The molecule has 1 aromatic rings. The van der Waals surface area contributed by atoms with Gasteiger partial charge < -0.3 is 9.84 Å². The van der Waals surface area contributed by atoms with Crippen LogP contribution >= 0.6 is 0 Å². The molecule has 1 atom stereocenters. The number of aliphatic hydroxyl groups excluding tert-OH is 1. The molecule has 0 radical (unpaired) electrons. The van der Waals surface area contributed by atoms with Gasteiger partial charge in [-0.1, -0.05) is 0 Å². The van der Waals surface area contributed by atoms with E-state index in [2.05, 4.69) is 10.2 Å². The minimum Gasteiger partial charge on any atom is -0.388 e. The zero-order chi connectivity index (χ0) is 9.52. The Labute approximate surface area is 77.9 Å². The van der Waals surface area contributed by atoms with Crippen molar-refractivity contribution in [2.45, 2.75) is 25.4 Å². The summed E-state index contributed by atoms with van der Waals surface area (Å²) in [4.78, 5) is 0. The number of hydrogen-bond donors (Lipinski definition) is 2. The maximum absolute atomic E-state index is 9.61. The summed E-state index contributed by atoms with van der Waals surface area (Å²) in [7, 11) is 1.69. The van der Waals surface area contributed by atoms with Crippen molar-refractivity contribution in [2.75, 3.05) is 13.7 Å². The summed E-state index contributed by atoms with van der Waals surface area (Å²) in [6.07, 6.45) is 5.71. The van der Waals surface area contributed by atoms with E-state index in [1.54, 1.807) is 19.5 Å². The van der Waals surface area contributed by atoms with Crippen LogP contribution in [0.5, 0.6) is 0 Å². The molecular formula is C9H16N2O2. The number of aromatic nitrogens is 2. The first-order chi connectivity index (χ1) is 6.34. The average molecular weight is 184 g/mol. The van der Waals surface area contributed by atoms with Crippen LogP contribution in [-0.4, -0.2) is 29.0 Å². The van der Waals surface area contributed by atoms with Crippen LogP contribution in [0.4, 0.5) is 0 Å². The Morgan fingerprint density at radius 1 is 1.62 bits per heavy atom. The van der Waals surface area contributed by atoms with E-state index in [0.29, 0.717) is 0 Å². The van der Waals surface area contributed by atoms with Gasteiger partial charge in [-0.05, 0) is 19.3 Å². The summed E-state index contributed by atoms with van der Waals surface area (Å²) in [5.74, 6) is 0.